The number of hydrogen-bond acceptors (Lipinski definition) is 3. The number of nitrogens with one attached hydrogen (secondary N) is 4. The van der Waals surface area contributed by atoms with Crippen LogP contribution in [0.3, 0.4) is 0 Å². The SMILES string of the molecule is CC(C)Nc1cc(NCc2cc[nH]c2)n[nH]1. The van der Waals surface area contributed by atoms with Crippen molar-refractivity contribution in [3.8, 4) is 0 Å². The van der Waals surface area contributed by atoms with Crippen LogP contribution in [0.25, 0.3) is 0 Å². The average molecular weight is 219 g/mol. The molecule has 2 rings (SSSR count). The van der Waals surface area contributed by atoms with Crippen molar-refractivity contribution >= 4 is 11.6 Å². The van der Waals surface area contributed by atoms with Crippen LogP contribution < -0.4 is 10.6 Å². The van der Waals surface area contributed by atoms with Gasteiger partial charge in [-0.1, -0.05) is 0 Å². The third kappa shape index (κ3) is 2.79. The first-order valence-corrected chi connectivity index (χ1v) is 5.41. The molecule has 0 aromatic carbocycles. The van der Waals surface area contributed by atoms with Gasteiger partial charge in [-0.15, -0.1) is 0 Å². The van der Waals surface area contributed by atoms with Crippen molar-refractivity contribution in [1.82, 2.24) is 15.2 Å². The van der Waals surface area contributed by atoms with Crippen LogP contribution in [-0.4, -0.2) is 21.2 Å². The molecular formula is C11H17N5. The zero-order valence-corrected chi connectivity index (χ0v) is 9.54. The Balaban J connectivity index is 1.88. The van der Waals surface area contributed by atoms with E-state index in [2.05, 4.69) is 39.7 Å². The molecule has 0 unspecified atom stereocenters. The summed E-state index contributed by atoms with van der Waals surface area (Å²) in [5.41, 5.74) is 1.21. The Bertz CT molecular complexity index is 415. The van der Waals surface area contributed by atoms with Crippen LogP contribution in [0, 0.1) is 0 Å². The fourth-order valence-electron chi connectivity index (χ4n) is 1.46. The first-order chi connectivity index (χ1) is 7.74. The topological polar surface area (TPSA) is 68.5 Å². The molecule has 0 bridgehead atoms. The van der Waals surface area contributed by atoms with Crippen molar-refractivity contribution < 1.29 is 0 Å². The minimum atomic E-state index is 0.401. The van der Waals surface area contributed by atoms with Crippen molar-refractivity contribution in [2.24, 2.45) is 0 Å². The molecule has 0 aliphatic carbocycles. The molecule has 0 aliphatic heterocycles. The molecule has 0 saturated heterocycles. The molecule has 5 nitrogen and oxygen atoms in total. The summed E-state index contributed by atoms with van der Waals surface area (Å²) in [4.78, 5) is 3.02. The summed E-state index contributed by atoms with van der Waals surface area (Å²) in [6.45, 7) is 4.96. The van der Waals surface area contributed by atoms with Crippen LogP contribution >= 0.6 is 0 Å². The van der Waals surface area contributed by atoms with E-state index in [9.17, 15) is 0 Å². The Labute approximate surface area is 94.7 Å². The highest BCUT2D eigenvalue weighted by atomic mass is 15.2. The molecule has 0 fully saturated rings. The van der Waals surface area contributed by atoms with E-state index in [0.29, 0.717) is 6.04 Å². The molecule has 0 spiro atoms. The minimum absolute atomic E-state index is 0.401. The molecule has 2 aromatic heterocycles. The predicted molar refractivity (Wildman–Crippen MR) is 65.5 cm³/mol. The maximum Gasteiger partial charge on any atom is 0.150 e. The number of hydrogen-bond donors (Lipinski definition) is 4. The van der Waals surface area contributed by atoms with E-state index in [1.807, 2.05) is 24.5 Å². The third-order valence-corrected chi connectivity index (χ3v) is 2.16. The van der Waals surface area contributed by atoms with Gasteiger partial charge >= 0.3 is 0 Å². The van der Waals surface area contributed by atoms with Crippen LogP contribution in [-0.2, 0) is 6.54 Å². The molecule has 2 heterocycles. The van der Waals surface area contributed by atoms with Gasteiger partial charge in [-0.3, -0.25) is 5.10 Å². The van der Waals surface area contributed by atoms with Gasteiger partial charge in [-0.25, -0.2) is 0 Å². The normalized spacial score (nSPS) is 10.7. The highest BCUT2D eigenvalue weighted by molar-refractivity contribution is 5.48. The standard InChI is InChI=1S/C11H17N5/c1-8(2)14-11-5-10(15-16-11)13-7-9-3-4-12-6-9/h3-6,8,12H,7H2,1-2H3,(H3,13,14,15,16). The van der Waals surface area contributed by atoms with Crippen LogP contribution in [0.1, 0.15) is 19.4 Å². The molecule has 0 aliphatic rings. The van der Waals surface area contributed by atoms with E-state index in [-0.39, 0.29) is 0 Å². The molecule has 16 heavy (non-hydrogen) atoms. The second kappa shape index (κ2) is 4.74. The zero-order valence-electron chi connectivity index (χ0n) is 9.54. The molecule has 0 saturated carbocycles. The fraction of sp³-hybridized carbons (Fsp3) is 0.364. The summed E-state index contributed by atoms with van der Waals surface area (Å²) in [6.07, 6.45) is 3.88. The average Bonchev–Trinajstić information content (AvgIpc) is 2.84. The van der Waals surface area contributed by atoms with E-state index in [1.165, 1.54) is 5.56 Å². The Morgan fingerprint density at radius 1 is 1.44 bits per heavy atom. The van der Waals surface area contributed by atoms with Crippen LogP contribution in [0.4, 0.5) is 11.6 Å². The summed E-state index contributed by atoms with van der Waals surface area (Å²) >= 11 is 0. The first-order valence-electron chi connectivity index (χ1n) is 5.41. The van der Waals surface area contributed by atoms with E-state index in [1.54, 1.807) is 0 Å². The second-order valence-electron chi connectivity index (χ2n) is 4.04. The molecule has 4 N–H and O–H groups in total. The van der Waals surface area contributed by atoms with E-state index in [4.69, 9.17) is 0 Å². The van der Waals surface area contributed by atoms with Gasteiger partial charge in [0.1, 0.15) is 11.6 Å². The van der Waals surface area contributed by atoms with Crippen LogP contribution in [0.2, 0.25) is 0 Å². The third-order valence-electron chi connectivity index (χ3n) is 2.16. The van der Waals surface area contributed by atoms with Gasteiger partial charge < -0.3 is 15.6 Å². The number of H-pyrrole nitrogens is 2. The van der Waals surface area contributed by atoms with E-state index in [0.717, 1.165) is 18.2 Å². The number of aromatic nitrogens is 3. The van der Waals surface area contributed by atoms with Gasteiger partial charge in [0.05, 0.1) is 0 Å². The van der Waals surface area contributed by atoms with E-state index < -0.39 is 0 Å². The molecule has 86 valence electrons. The van der Waals surface area contributed by atoms with Crippen LogP contribution in [0.15, 0.2) is 24.5 Å². The summed E-state index contributed by atoms with van der Waals surface area (Å²) < 4.78 is 0. The number of anilines is 2. The van der Waals surface area contributed by atoms with Crippen molar-refractivity contribution in [3.05, 3.63) is 30.1 Å². The summed E-state index contributed by atoms with van der Waals surface area (Å²) in [6, 6.07) is 4.40. The van der Waals surface area contributed by atoms with Gasteiger partial charge in [0.15, 0.2) is 0 Å². The van der Waals surface area contributed by atoms with Gasteiger partial charge in [0.2, 0.25) is 0 Å². The summed E-state index contributed by atoms with van der Waals surface area (Å²) in [5.74, 6) is 1.79. The lowest BCUT2D eigenvalue weighted by atomic mass is 10.3. The Morgan fingerprint density at radius 3 is 3.00 bits per heavy atom. The number of rotatable bonds is 5. The van der Waals surface area contributed by atoms with Crippen molar-refractivity contribution in [3.63, 3.8) is 0 Å². The number of aromatic amines is 2. The quantitative estimate of drug-likeness (QED) is 0.623. The number of nitrogens with zero attached hydrogens (tertiary/aromatic N) is 1. The van der Waals surface area contributed by atoms with Gasteiger partial charge in [-0.05, 0) is 25.5 Å². The maximum absolute atomic E-state index is 4.16. The Hall–Kier alpha value is -1.91. The van der Waals surface area contributed by atoms with Crippen molar-refractivity contribution in [2.75, 3.05) is 10.6 Å². The smallest absolute Gasteiger partial charge is 0.150 e. The molecule has 0 amide bonds. The predicted octanol–water partition coefficient (Wildman–Crippen LogP) is 2.17. The Morgan fingerprint density at radius 2 is 2.31 bits per heavy atom. The monoisotopic (exact) mass is 219 g/mol. The lowest BCUT2D eigenvalue weighted by Crippen LogP contribution is -2.09. The van der Waals surface area contributed by atoms with Gasteiger partial charge in [0, 0.05) is 31.0 Å². The largest absolute Gasteiger partial charge is 0.368 e. The lowest BCUT2D eigenvalue weighted by molar-refractivity contribution is 0.884. The van der Waals surface area contributed by atoms with Crippen LogP contribution in [0.5, 0.6) is 0 Å². The van der Waals surface area contributed by atoms with Gasteiger partial charge in [-0.2, -0.15) is 5.10 Å². The molecule has 2 aromatic rings. The molecule has 5 heteroatoms. The summed E-state index contributed by atoms with van der Waals surface area (Å²) in [5, 5.41) is 13.6. The molecular weight excluding hydrogens is 202 g/mol. The summed E-state index contributed by atoms with van der Waals surface area (Å²) in [7, 11) is 0. The Kier molecular flexibility index (Phi) is 3.14. The highest BCUT2D eigenvalue weighted by Gasteiger charge is 2.01. The van der Waals surface area contributed by atoms with Gasteiger partial charge in [0.25, 0.3) is 0 Å². The molecule has 0 atom stereocenters. The zero-order chi connectivity index (χ0) is 11.4. The van der Waals surface area contributed by atoms with Crippen molar-refractivity contribution in [1.29, 1.82) is 0 Å². The van der Waals surface area contributed by atoms with Crippen molar-refractivity contribution in [2.45, 2.75) is 26.4 Å². The second-order valence-corrected chi connectivity index (χ2v) is 4.04. The highest BCUT2D eigenvalue weighted by Crippen LogP contribution is 2.12. The minimum Gasteiger partial charge on any atom is -0.368 e. The first kappa shape index (κ1) is 10.6. The van der Waals surface area contributed by atoms with E-state index >= 15 is 0 Å². The lowest BCUT2D eigenvalue weighted by Gasteiger charge is -2.05. The molecule has 0 radical (unpaired) electrons. The fourth-order valence-corrected chi connectivity index (χ4v) is 1.46. The maximum atomic E-state index is 4.16.